The summed E-state index contributed by atoms with van der Waals surface area (Å²) in [7, 11) is 4.29. The van der Waals surface area contributed by atoms with Crippen LogP contribution in [0.5, 0.6) is 11.5 Å². The number of halogens is 1. The number of carbonyl (C=O) groups excluding carboxylic acids is 2. The smallest absolute Gasteiger partial charge is 0.313 e. The van der Waals surface area contributed by atoms with E-state index in [0.29, 0.717) is 23.5 Å². The van der Waals surface area contributed by atoms with E-state index in [-0.39, 0.29) is 11.9 Å². The summed E-state index contributed by atoms with van der Waals surface area (Å²) in [6.07, 6.45) is 0.709. The molecule has 6 nitrogen and oxygen atoms in total. The predicted molar refractivity (Wildman–Crippen MR) is 88.9 cm³/mol. The second-order valence-electron chi connectivity index (χ2n) is 5.88. The maximum absolute atomic E-state index is 13.5. The quantitative estimate of drug-likeness (QED) is 0.430. The minimum atomic E-state index is -1.19. The van der Waals surface area contributed by atoms with E-state index in [1.54, 1.807) is 18.2 Å². The number of carbonyl (C=O) groups is 2. The number of alkyl halides is 1. The number of hydrogen-bond donors (Lipinski definition) is 0. The van der Waals surface area contributed by atoms with Crippen molar-refractivity contribution in [3.05, 3.63) is 23.8 Å². The fraction of sp³-hybridized carbons (Fsp3) is 0.529. The van der Waals surface area contributed by atoms with Crippen molar-refractivity contribution in [2.24, 2.45) is 5.92 Å². The Balaban J connectivity index is 2.10. The Morgan fingerprint density at radius 3 is 2.33 bits per heavy atom. The zero-order chi connectivity index (χ0) is 17.5. The lowest BCUT2D eigenvalue weighted by atomic mass is 9.75. The number of ketones is 1. The molecule has 0 radical (unpaired) electrons. The number of ether oxygens (including phenoxy) is 4. The molecule has 2 aliphatic heterocycles. The van der Waals surface area contributed by atoms with Crippen LogP contribution in [0.4, 0.5) is 0 Å². The Bertz CT molecular complexity index is 653. The number of Topliss-reactive ketones (excluding diaryl/α,β-unsaturated/α-hetero) is 1. The third-order valence-electron chi connectivity index (χ3n) is 4.80. The van der Waals surface area contributed by atoms with Crippen LogP contribution in [0.15, 0.2) is 18.2 Å². The molecule has 0 unspecified atom stereocenters. The monoisotopic (exact) mass is 398 g/mol. The van der Waals surface area contributed by atoms with Gasteiger partial charge in [0.15, 0.2) is 5.78 Å². The van der Waals surface area contributed by atoms with E-state index in [1.165, 1.54) is 21.3 Å². The number of rotatable bonds is 5. The lowest BCUT2D eigenvalue weighted by Crippen LogP contribution is -2.52. The van der Waals surface area contributed by atoms with E-state index in [0.717, 1.165) is 6.42 Å². The normalized spacial score (nSPS) is 30.9. The Morgan fingerprint density at radius 2 is 1.79 bits per heavy atom. The molecule has 2 bridgehead atoms. The van der Waals surface area contributed by atoms with Gasteiger partial charge in [0, 0.05) is 0 Å². The Labute approximate surface area is 148 Å². The molecule has 2 heterocycles. The van der Waals surface area contributed by atoms with Gasteiger partial charge in [-0.15, -0.1) is 0 Å². The average Bonchev–Trinajstić information content (AvgIpc) is 3.19. The number of esters is 1. The van der Waals surface area contributed by atoms with E-state index < -0.39 is 22.3 Å². The van der Waals surface area contributed by atoms with Crippen molar-refractivity contribution in [2.45, 2.75) is 29.4 Å². The second kappa shape index (κ2) is 6.37. The van der Waals surface area contributed by atoms with Crippen LogP contribution in [0.2, 0.25) is 0 Å². The van der Waals surface area contributed by atoms with Gasteiger partial charge in [-0.2, -0.15) is 0 Å². The van der Waals surface area contributed by atoms with E-state index in [2.05, 4.69) is 15.9 Å². The van der Waals surface area contributed by atoms with Crippen LogP contribution in [-0.4, -0.2) is 49.6 Å². The van der Waals surface area contributed by atoms with Crippen molar-refractivity contribution < 1.29 is 28.5 Å². The number of hydrogen-bond acceptors (Lipinski definition) is 6. The molecule has 2 aliphatic rings. The topological polar surface area (TPSA) is 71.1 Å². The Morgan fingerprint density at radius 1 is 1.17 bits per heavy atom. The van der Waals surface area contributed by atoms with Gasteiger partial charge >= 0.3 is 5.97 Å². The van der Waals surface area contributed by atoms with Crippen molar-refractivity contribution in [1.29, 1.82) is 0 Å². The molecule has 130 valence electrons. The molecular formula is C17H19BrO6. The summed E-state index contributed by atoms with van der Waals surface area (Å²) in [4.78, 5) is 25.8. The van der Waals surface area contributed by atoms with E-state index >= 15 is 0 Å². The van der Waals surface area contributed by atoms with Crippen LogP contribution < -0.4 is 9.47 Å². The van der Waals surface area contributed by atoms with Gasteiger partial charge in [0.2, 0.25) is 0 Å². The molecule has 1 aromatic carbocycles. The van der Waals surface area contributed by atoms with Crippen LogP contribution in [0.1, 0.15) is 23.2 Å². The zero-order valence-electron chi connectivity index (χ0n) is 13.7. The molecule has 0 saturated carbocycles. The first-order chi connectivity index (χ1) is 11.5. The summed E-state index contributed by atoms with van der Waals surface area (Å²) in [5, 5.41) is 0. The minimum Gasteiger partial charge on any atom is -0.496 e. The minimum absolute atomic E-state index is 0.292. The van der Waals surface area contributed by atoms with E-state index in [4.69, 9.17) is 18.9 Å². The molecule has 0 amide bonds. The summed E-state index contributed by atoms with van der Waals surface area (Å²) in [5.41, 5.74) is 0.296. The molecule has 3 rings (SSSR count). The van der Waals surface area contributed by atoms with Crippen molar-refractivity contribution in [2.75, 3.05) is 21.3 Å². The largest absolute Gasteiger partial charge is 0.496 e. The molecule has 24 heavy (non-hydrogen) atoms. The van der Waals surface area contributed by atoms with Crippen LogP contribution in [0.25, 0.3) is 0 Å². The summed E-state index contributed by atoms with van der Waals surface area (Å²) in [6, 6.07) is 5.12. The average molecular weight is 399 g/mol. The lowest BCUT2D eigenvalue weighted by Gasteiger charge is -2.34. The fourth-order valence-electron chi connectivity index (χ4n) is 3.69. The molecule has 7 heteroatoms. The highest BCUT2D eigenvalue weighted by atomic mass is 79.9. The summed E-state index contributed by atoms with van der Waals surface area (Å²) in [5.74, 6) is -0.668. The van der Waals surface area contributed by atoms with Crippen LogP contribution in [0, 0.1) is 5.92 Å². The van der Waals surface area contributed by atoms with Gasteiger partial charge < -0.3 is 18.9 Å². The number of fused-ring (bicyclic) bond motifs is 2. The first-order valence-electron chi connectivity index (χ1n) is 7.67. The van der Waals surface area contributed by atoms with Gasteiger partial charge in [-0.05, 0) is 25.0 Å². The predicted octanol–water partition coefficient (Wildman–Crippen LogP) is 2.37. The Kier molecular flexibility index (Phi) is 4.57. The van der Waals surface area contributed by atoms with E-state index in [1.807, 2.05) is 0 Å². The molecule has 2 saturated heterocycles. The fourth-order valence-corrected chi connectivity index (χ4v) is 4.71. The first kappa shape index (κ1) is 17.2. The highest BCUT2D eigenvalue weighted by Crippen LogP contribution is 2.54. The molecule has 0 aromatic heterocycles. The van der Waals surface area contributed by atoms with Gasteiger partial charge in [0.05, 0.1) is 33.5 Å². The van der Waals surface area contributed by atoms with Crippen LogP contribution >= 0.6 is 15.9 Å². The van der Waals surface area contributed by atoms with Gasteiger partial charge in [0.1, 0.15) is 27.3 Å². The van der Waals surface area contributed by atoms with Crippen molar-refractivity contribution >= 4 is 27.7 Å². The summed E-state index contributed by atoms with van der Waals surface area (Å²) in [6.45, 7) is 0. The van der Waals surface area contributed by atoms with Crippen molar-refractivity contribution in [1.82, 2.24) is 0 Å². The zero-order valence-corrected chi connectivity index (χ0v) is 15.3. The highest BCUT2D eigenvalue weighted by molar-refractivity contribution is 9.10. The maximum atomic E-state index is 13.5. The van der Waals surface area contributed by atoms with Gasteiger partial charge in [0.25, 0.3) is 0 Å². The molecule has 2 fully saturated rings. The molecule has 4 atom stereocenters. The third kappa shape index (κ3) is 2.33. The van der Waals surface area contributed by atoms with Crippen molar-refractivity contribution in [3.8, 4) is 11.5 Å². The molecule has 1 aromatic rings. The summed E-state index contributed by atoms with van der Waals surface area (Å²) >= 11 is 3.55. The maximum Gasteiger partial charge on any atom is 0.313 e. The highest BCUT2D eigenvalue weighted by Gasteiger charge is 2.66. The second-order valence-corrected chi connectivity index (χ2v) is 7.19. The lowest BCUT2D eigenvalue weighted by molar-refractivity contribution is -0.147. The molecular weight excluding hydrogens is 380 g/mol. The molecule has 0 aliphatic carbocycles. The van der Waals surface area contributed by atoms with Gasteiger partial charge in [-0.25, -0.2) is 0 Å². The van der Waals surface area contributed by atoms with Gasteiger partial charge in [-0.1, -0.05) is 22.0 Å². The van der Waals surface area contributed by atoms with Crippen LogP contribution in [-0.2, 0) is 14.3 Å². The molecule has 0 N–H and O–H groups in total. The first-order valence-corrected chi connectivity index (χ1v) is 8.46. The van der Waals surface area contributed by atoms with E-state index in [9.17, 15) is 9.59 Å². The SMILES string of the molecule is COC(=O)[C@H]1[C@H]2CC[C@H](O2)[C@@]1(Br)C(=O)c1c(OC)cccc1OC. The Hall–Kier alpha value is -1.60. The number of methoxy groups -OCH3 is 3. The van der Waals surface area contributed by atoms with Gasteiger partial charge in [-0.3, -0.25) is 9.59 Å². The van der Waals surface area contributed by atoms with Crippen LogP contribution in [0.3, 0.4) is 0 Å². The standard InChI is InChI=1S/C17H19BrO6/c1-21-9-5-4-6-10(22-2)13(9)15(19)17(18)12-8-7-11(24-12)14(17)16(20)23-3/h4-6,11-12,14H,7-8H2,1-3H3/t11-,12+,14-,17+/m1/s1. The summed E-state index contributed by atoms with van der Waals surface area (Å²) < 4.78 is 20.3. The molecule has 0 spiro atoms. The number of benzene rings is 1. The third-order valence-corrected chi connectivity index (χ3v) is 6.17. The van der Waals surface area contributed by atoms with Crippen molar-refractivity contribution in [3.63, 3.8) is 0 Å².